The highest BCUT2D eigenvalue weighted by molar-refractivity contribution is 5.16. The number of hydrogen-bond donors (Lipinski definition) is 1. The van der Waals surface area contributed by atoms with Gasteiger partial charge in [0.05, 0.1) is 12.4 Å². The van der Waals surface area contributed by atoms with Crippen molar-refractivity contribution in [3.05, 3.63) is 18.2 Å². The first kappa shape index (κ1) is 13.1. The monoisotopic (exact) mass is 263 g/mol. The summed E-state index contributed by atoms with van der Waals surface area (Å²) in [7, 11) is 0. The second-order valence-electron chi connectivity index (χ2n) is 6.36. The SMILES string of the molecule is CC1CC(n2cncc2C2(C)CCNCC2)CCO1. The van der Waals surface area contributed by atoms with Crippen molar-refractivity contribution in [2.24, 2.45) is 0 Å². The van der Waals surface area contributed by atoms with E-state index in [0.717, 1.165) is 32.5 Å². The Morgan fingerprint density at radius 3 is 2.95 bits per heavy atom. The molecule has 2 atom stereocenters. The molecule has 1 N–H and O–H groups in total. The topological polar surface area (TPSA) is 39.1 Å². The summed E-state index contributed by atoms with van der Waals surface area (Å²) >= 11 is 0. The molecular formula is C15H25N3O. The van der Waals surface area contributed by atoms with E-state index in [1.165, 1.54) is 18.5 Å². The average molecular weight is 263 g/mol. The first-order valence-electron chi connectivity index (χ1n) is 7.54. The van der Waals surface area contributed by atoms with Crippen LogP contribution >= 0.6 is 0 Å². The van der Waals surface area contributed by atoms with Gasteiger partial charge in [-0.3, -0.25) is 0 Å². The number of nitrogens with one attached hydrogen (secondary N) is 1. The highest BCUT2D eigenvalue weighted by atomic mass is 16.5. The van der Waals surface area contributed by atoms with Gasteiger partial charge in [-0.05, 0) is 45.7 Å². The maximum Gasteiger partial charge on any atom is 0.0951 e. The van der Waals surface area contributed by atoms with Gasteiger partial charge in [0.25, 0.3) is 0 Å². The Labute approximate surface area is 115 Å². The van der Waals surface area contributed by atoms with Crippen LogP contribution in [0.5, 0.6) is 0 Å². The van der Waals surface area contributed by atoms with Crippen LogP contribution in [0.2, 0.25) is 0 Å². The molecule has 3 heterocycles. The summed E-state index contributed by atoms with van der Waals surface area (Å²) in [4.78, 5) is 4.44. The molecular weight excluding hydrogens is 238 g/mol. The van der Waals surface area contributed by atoms with E-state index < -0.39 is 0 Å². The molecule has 0 saturated carbocycles. The van der Waals surface area contributed by atoms with Gasteiger partial charge in [-0.25, -0.2) is 4.98 Å². The van der Waals surface area contributed by atoms with E-state index in [9.17, 15) is 0 Å². The predicted molar refractivity (Wildman–Crippen MR) is 75.4 cm³/mol. The second kappa shape index (κ2) is 5.25. The van der Waals surface area contributed by atoms with Crippen molar-refractivity contribution in [2.45, 2.75) is 57.1 Å². The van der Waals surface area contributed by atoms with E-state index in [1.807, 2.05) is 6.33 Å². The predicted octanol–water partition coefficient (Wildman–Crippen LogP) is 2.26. The lowest BCUT2D eigenvalue weighted by Gasteiger charge is -2.37. The summed E-state index contributed by atoms with van der Waals surface area (Å²) in [5.41, 5.74) is 1.71. The van der Waals surface area contributed by atoms with Crippen LogP contribution in [0.15, 0.2) is 12.5 Å². The summed E-state index contributed by atoms with van der Waals surface area (Å²) in [6.45, 7) is 7.68. The molecule has 0 spiro atoms. The smallest absolute Gasteiger partial charge is 0.0951 e. The van der Waals surface area contributed by atoms with Crippen molar-refractivity contribution in [1.29, 1.82) is 0 Å². The molecule has 0 radical (unpaired) electrons. The molecule has 2 aliphatic rings. The molecule has 106 valence electrons. The average Bonchev–Trinajstić information content (AvgIpc) is 2.89. The van der Waals surface area contributed by atoms with Crippen LogP contribution in [-0.2, 0) is 10.2 Å². The van der Waals surface area contributed by atoms with Crippen molar-refractivity contribution in [2.75, 3.05) is 19.7 Å². The minimum Gasteiger partial charge on any atom is -0.378 e. The highest BCUT2D eigenvalue weighted by Crippen LogP contribution is 2.36. The van der Waals surface area contributed by atoms with Gasteiger partial charge >= 0.3 is 0 Å². The Morgan fingerprint density at radius 2 is 2.21 bits per heavy atom. The molecule has 0 aromatic carbocycles. The third-order valence-electron chi connectivity index (χ3n) is 4.84. The van der Waals surface area contributed by atoms with Crippen molar-refractivity contribution >= 4 is 0 Å². The molecule has 4 nitrogen and oxygen atoms in total. The van der Waals surface area contributed by atoms with E-state index in [-0.39, 0.29) is 5.41 Å². The fourth-order valence-corrected chi connectivity index (χ4v) is 3.52. The van der Waals surface area contributed by atoms with Gasteiger partial charge in [-0.1, -0.05) is 6.92 Å². The number of ether oxygens (including phenoxy) is 1. The van der Waals surface area contributed by atoms with E-state index in [0.29, 0.717) is 12.1 Å². The van der Waals surface area contributed by atoms with Crippen LogP contribution in [0.3, 0.4) is 0 Å². The lowest BCUT2D eigenvalue weighted by atomic mass is 9.78. The fraction of sp³-hybridized carbons (Fsp3) is 0.800. The Balaban J connectivity index is 1.85. The molecule has 3 rings (SSSR count). The number of rotatable bonds is 2. The molecule has 2 fully saturated rings. The van der Waals surface area contributed by atoms with Gasteiger partial charge in [0.15, 0.2) is 0 Å². The minimum atomic E-state index is 0.281. The summed E-state index contributed by atoms with van der Waals surface area (Å²) in [6, 6.07) is 0.563. The Kier molecular flexibility index (Phi) is 3.63. The third kappa shape index (κ3) is 2.56. The maximum atomic E-state index is 5.67. The quantitative estimate of drug-likeness (QED) is 0.889. The molecule has 0 amide bonds. The Bertz CT molecular complexity index is 423. The fourth-order valence-electron chi connectivity index (χ4n) is 3.52. The lowest BCUT2D eigenvalue weighted by molar-refractivity contribution is 0.00472. The van der Waals surface area contributed by atoms with Crippen molar-refractivity contribution in [3.63, 3.8) is 0 Å². The number of aromatic nitrogens is 2. The Hall–Kier alpha value is -0.870. The van der Waals surface area contributed by atoms with Crippen molar-refractivity contribution in [3.8, 4) is 0 Å². The molecule has 4 heteroatoms. The van der Waals surface area contributed by atoms with Crippen LogP contribution < -0.4 is 5.32 Å². The number of imidazole rings is 1. The van der Waals surface area contributed by atoms with Crippen molar-refractivity contribution < 1.29 is 4.74 Å². The molecule has 2 aliphatic heterocycles. The van der Waals surface area contributed by atoms with Crippen LogP contribution in [0.4, 0.5) is 0 Å². The summed E-state index contributed by atoms with van der Waals surface area (Å²) < 4.78 is 8.11. The summed E-state index contributed by atoms with van der Waals surface area (Å²) in [5, 5.41) is 3.46. The lowest BCUT2D eigenvalue weighted by Crippen LogP contribution is -2.40. The number of hydrogen-bond acceptors (Lipinski definition) is 3. The van der Waals surface area contributed by atoms with Gasteiger partial charge in [0.2, 0.25) is 0 Å². The van der Waals surface area contributed by atoms with Crippen LogP contribution in [0.25, 0.3) is 0 Å². The molecule has 1 aromatic rings. The second-order valence-corrected chi connectivity index (χ2v) is 6.36. The first-order valence-corrected chi connectivity index (χ1v) is 7.54. The van der Waals surface area contributed by atoms with Crippen molar-refractivity contribution in [1.82, 2.24) is 14.9 Å². The molecule has 1 aromatic heterocycles. The molecule has 0 bridgehead atoms. The molecule has 2 saturated heterocycles. The zero-order chi connectivity index (χ0) is 13.3. The highest BCUT2D eigenvalue weighted by Gasteiger charge is 2.34. The van der Waals surface area contributed by atoms with E-state index in [2.05, 4.69) is 34.9 Å². The van der Waals surface area contributed by atoms with Crippen LogP contribution in [0, 0.1) is 0 Å². The normalized spacial score (nSPS) is 31.3. The molecule has 0 aliphatic carbocycles. The maximum absolute atomic E-state index is 5.67. The first-order chi connectivity index (χ1) is 9.19. The largest absolute Gasteiger partial charge is 0.378 e. The third-order valence-corrected chi connectivity index (χ3v) is 4.84. The van der Waals surface area contributed by atoms with Gasteiger partial charge in [-0.2, -0.15) is 0 Å². The summed E-state index contributed by atoms with van der Waals surface area (Å²) in [5.74, 6) is 0. The van der Waals surface area contributed by atoms with Gasteiger partial charge in [0.1, 0.15) is 0 Å². The molecule has 2 unspecified atom stereocenters. The zero-order valence-electron chi connectivity index (χ0n) is 12.1. The molecule has 19 heavy (non-hydrogen) atoms. The van der Waals surface area contributed by atoms with Crippen LogP contribution in [0.1, 0.15) is 51.3 Å². The summed E-state index contributed by atoms with van der Waals surface area (Å²) in [6.07, 6.45) is 9.13. The number of piperidine rings is 1. The van der Waals surface area contributed by atoms with Crippen LogP contribution in [-0.4, -0.2) is 35.4 Å². The number of nitrogens with zero attached hydrogens (tertiary/aromatic N) is 2. The Morgan fingerprint density at radius 1 is 1.42 bits per heavy atom. The van der Waals surface area contributed by atoms with E-state index in [4.69, 9.17) is 4.74 Å². The minimum absolute atomic E-state index is 0.281. The van der Waals surface area contributed by atoms with E-state index >= 15 is 0 Å². The van der Waals surface area contributed by atoms with Gasteiger partial charge in [-0.15, -0.1) is 0 Å². The van der Waals surface area contributed by atoms with E-state index in [1.54, 1.807) is 0 Å². The standard InChI is InChI=1S/C15H25N3O/c1-12-9-13(3-8-19-12)18-11-17-10-14(18)15(2)4-6-16-7-5-15/h10-13,16H,3-9H2,1-2H3. The zero-order valence-corrected chi connectivity index (χ0v) is 12.1. The van der Waals surface area contributed by atoms with Gasteiger partial charge < -0.3 is 14.6 Å². The van der Waals surface area contributed by atoms with Gasteiger partial charge in [0, 0.05) is 30.0 Å².